The zero-order valence-electron chi connectivity index (χ0n) is 15.9. The maximum Gasteiger partial charge on any atom is 0.274 e. The van der Waals surface area contributed by atoms with E-state index in [0.717, 1.165) is 25.9 Å². The van der Waals surface area contributed by atoms with Crippen molar-refractivity contribution >= 4 is 5.91 Å². The molecule has 1 spiro atoms. The van der Waals surface area contributed by atoms with Gasteiger partial charge in [0.2, 0.25) is 0 Å². The van der Waals surface area contributed by atoms with Crippen molar-refractivity contribution in [1.29, 1.82) is 0 Å². The van der Waals surface area contributed by atoms with Crippen LogP contribution in [0.15, 0.2) is 36.5 Å². The predicted octanol–water partition coefficient (Wildman–Crippen LogP) is 3.82. The molecule has 2 aromatic rings. The number of amides is 1. The van der Waals surface area contributed by atoms with Gasteiger partial charge in [0.05, 0.1) is 11.8 Å². The fourth-order valence-corrected chi connectivity index (χ4v) is 4.92. The first-order valence-corrected chi connectivity index (χ1v) is 9.75. The highest BCUT2D eigenvalue weighted by Crippen LogP contribution is 2.56. The molecule has 2 atom stereocenters. The highest BCUT2D eigenvalue weighted by atomic mass is 19.1. The molecule has 2 aliphatic rings. The van der Waals surface area contributed by atoms with Gasteiger partial charge >= 0.3 is 0 Å². The van der Waals surface area contributed by atoms with E-state index in [1.807, 2.05) is 18.9 Å². The van der Waals surface area contributed by atoms with Crippen LogP contribution >= 0.6 is 0 Å². The molecule has 1 heterocycles. The number of rotatable bonds is 5. The zero-order valence-corrected chi connectivity index (χ0v) is 15.9. The fourth-order valence-electron chi connectivity index (χ4n) is 4.92. The van der Waals surface area contributed by atoms with Crippen LogP contribution in [0.2, 0.25) is 0 Å². The van der Waals surface area contributed by atoms with E-state index in [4.69, 9.17) is 4.74 Å². The third kappa shape index (κ3) is 3.06. The average Bonchev–Trinajstić information content (AvgIpc) is 3.35. The second kappa shape index (κ2) is 7.08. The molecule has 27 heavy (non-hydrogen) atoms. The average molecular weight is 371 g/mol. The van der Waals surface area contributed by atoms with Crippen LogP contribution in [0.3, 0.4) is 0 Å². The summed E-state index contributed by atoms with van der Waals surface area (Å²) in [7, 11) is 1.87. The Morgan fingerprint density at radius 2 is 2.15 bits per heavy atom. The maximum atomic E-state index is 13.4. The van der Waals surface area contributed by atoms with Gasteiger partial charge in [-0.25, -0.2) is 9.07 Å². The Hall–Kier alpha value is -2.21. The van der Waals surface area contributed by atoms with Gasteiger partial charge in [-0.1, -0.05) is 18.9 Å². The molecule has 2 saturated carbocycles. The summed E-state index contributed by atoms with van der Waals surface area (Å²) in [5.41, 5.74) is 1.09. The third-order valence-electron chi connectivity index (χ3n) is 6.31. The zero-order chi connectivity index (χ0) is 19.0. The first-order chi connectivity index (χ1) is 13.0. The van der Waals surface area contributed by atoms with Crippen LogP contribution in [-0.4, -0.2) is 46.4 Å². The first-order valence-electron chi connectivity index (χ1n) is 9.75. The van der Waals surface area contributed by atoms with E-state index in [-0.39, 0.29) is 29.3 Å². The van der Waals surface area contributed by atoms with E-state index in [9.17, 15) is 9.18 Å². The molecule has 5 nitrogen and oxygen atoms in total. The minimum absolute atomic E-state index is 0.0867. The normalized spacial score (nSPS) is 23.4. The van der Waals surface area contributed by atoms with Gasteiger partial charge in [0, 0.05) is 31.3 Å². The summed E-state index contributed by atoms with van der Waals surface area (Å²) in [6.45, 7) is 2.75. The summed E-state index contributed by atoms with van der Waals surface area (Å²) in [5.74, 6) is -0.413. The quantitative estimate of drug-likeness (QED) is 0.803. The molecule has 2 fully saturated rings. The van der Waals surface area contributed by atoms with Crippen molar-refractivity contribution in [2.45, 2.75) is 51.2 Å². The minimum Gasteiger partial charge on any atom is -0.378 e. The molecule has 0 radical (unpaired) electrons. The number of hydrogen-bond acceptors (Lipinski definition) is 3. The molecule has 0 bridgehead atoms. The fraction of sp³-hybridized carbons (Fsp3) is 0.524. The molecular weight excluding hydrogens is 345 g/mol. The molecule has 6 heteroatoms. The Morgan fingerprint density at radius 1 is 1.37 bits per heavy atom. The summed E-state index contributed by atoms with van der Waals surface area (Å²) in [4.78, 5) is 14.9. The van der Waals surface area contributed by atoms with Crippen LogP contribution in [0, 0.1) is 11.2 Å². The number of benzene rings is 1. The second-order valence-corrected chi connectivity index (χ2v) is 7.68. The second-order valence-electron chi connectivity index (χ2n) is 7.68. The third-order valence-corrected chi connectivity index (χ3v) is 6.31. The molecule has 4 rings (SSSR count). The monoisotopic (exact) mass is 371 g/mol. The van der Waals surface area contributed by atoms with Crippen LogP contribution in [0.25, 0.3) is 5.69 Å². The topological polar surface area (TPSA) is 47.4 Å². The van der Waals surface area contributed by atoms with Crippen molar-refractivity contribution in [3.8, 4) is 5.69 Å². The van der Waals surface area contributed by atoms with Crippen LogP contribution < -0.4 is 0 Å². The largest absolute Gasteiger partial charge is 0.378 e. The van der Waals surface area contributed by atoms with E-state index in [0.29, 0.717) is 11.4 Å². The lowest BCUT2D eigenvalue weighted by atomic mass is 9.60. The number of aromatic nitrogens is 2. The number of ether oxygens (including phenoxy) is 1. The van der Waals surface area contributed by atoms with Crippen molar-refractivity contribution in [3.05, 3.63) is 48.0 Å². The van der Waals surface area contributed by atoms with Crippen LogP contribution in [0.4, 0.5) is 4.39 Å². The van der Waals surface area contributed by atoms with Gasteiger partial charge in [-0.05, 0) is 50.5 Å². The Bertz CT molecular complexity index is 828. The van der Waals surface area contributed by atoms with E-state index >= 15 is 0 Å². The molecule has 0 aliphatic heterocycles. The Balaban J connectivity index is 1.52. The lowest BCUT2D eigenvalue weighted by molar-refractivity contribution is -0.152. The summed E-state index contributed by atoms with van der Waals surface area (Å²) >= 11 is 0. The lowest BCUT2D eigenvalue weighted by Crippen LogP contribution is -2.64. The highest BCUT2D eigenvalue weighted by molar-refractivity contribution is 5.92. The molecule has 0 saturated heterocycles. The molecule has 0 N–H and O–H groups in total. The van der Waals surface area contributed by atoms with Crippen molar-refractivity contribution < 1.29 is 13.9 Å². The van der Waals surface area contributed by atoms with Gasteiger partial charge in [-0.15, -0.1) is 0 Å². The SMILES string of the molecule is CCOC1CC(N(C)C(=O)c2ccn(-c3cccc(F)c3)n2)C12CCCC2. The lowest BCUT2D eigenvalue weighted by Gasteiger charge is -2.56. The van der Waals surface area contributed by atoms with Gasteiger partial charge in [0.25, 0.3) is 5.91 Å². The Labute approximate surface area is 159 Å². The highest BCUT2D eigenvalue weighted by Gasteiger charge is 2.58. The Morgan fingerprint density at radius 3 is 2.85 bits per heavy atom. The molecule has 144 valence electrons. The van der Waals surface area contributed by atoms with E-state index in [2.05, 4.69) is 5.10 Å². The van der Waals surface area contributed by atoms with E-state index in [1.54, 1.807) is 29.1 Å². The molecule has 2 unspecified atom stereocenters. The summed E-state index contributed by atoms with van der Waals surface area (Å²) in [5, 5.41) is 4.38. The molecular formula is C21H26FN3O2. The molecule has 1 aromatic carbocycles. The minimum atomic E-state index is -0.326. The van der Waals surface area contributed by atoms with E-state index in [1.165, 1.54) is 25.0 Å². The van der Waals surface area contributed by atoms with Gasteiger partial charge in [-0.3, -0.25) is 4.79 Å². The van der Waals surface area contributed by atoms with Crippen molar-refractivity contribution in [2.75, 3.05) is 13.7 Å². The number of carbonyl (C=O) groups is 1. The van der Waals surface area contributed by atoms with Crippen LogP contribution in [0.5, 0.6) is 0 Å². The first kappa shape index (κ1) is 18.2. The van der Waals surface area contributed by atoms with Gasteiger partial charge in [0.15, 0.2) is 5.69 Å². The van der Waals surface area contributed by atoms with Gasteiger partial charge in [0.1, 0.15) is 5.82 Å². The predicted molar refractivity (Wildman–Crippen MR) is 100 cm³/mol. The van der Waals surface area contributed by atoms with Crippen LogP contribution in [-0.2, 0) is 4.74 Å². The van der Waals surface area contributed by atoms with Crippen molar-refractivity contribution in [2.24, 2.45) is 5.41 Å². The van der Waals surface area contributed by atoms with Crippen LogP contribution in [0.1, 0.15) is 49.5 Å². The standard InChI is InChI=1S/C21H26FN3O2/c1-3-27-19-14-18(21(19)10-4-5-11-21)24(2)20(26)17-9-12-25(23-17)16-8-6-7-15(22)13-16/h6-9,12-13,18-19H,3-5,10-11,14H2,1-2H3. The Kier molecular flexibility index (Phi) is 4.76. The number of carbonyl (C=O) groups excluding carboxylic acids is 1. The summed E-state index contributed by atoms with van der Waals surface area (Å²) < 4.78 is 20.9. The molecule has 1 aromatic heterocycles. The van der Waals surface area contributed by atoms with Crippen molar-refractivity contribution in [3.63, 3.8) is 0 Å². The summed E-state index contributed by atoms with van der Waals surface area (Å²) in [6, 6.07) is 8.08. The smallest absolute Gasteiger partial charge is 0.274 e. The number of nitrogens with zero attached hydrogens (tertiary/aromatic N) is 3. The molecule has 1 amide bonds. The molecule has 2 aliphatic carbocycles. The summed E-state index contributed by atoms with van der Waals surface area (Å²) in [6.07, 6.45) is 7.50. The maximum absolute atomic E-state index is 13.4. The van der Waals surface area contributed by atoms with Gasteiger partial charge < -0.3 is 9.64 Å². The number of hydrogen-bond donors (Lipinski definition) is 0. The van der Waals surface area contributed by atoms with Crippen molar-refractivity contribution in [1.82, 2.24) is 14.7 Å². The number of halogens is 1. The van der Waals surface area contributed by atoms with Gasteiger partial charge in [-0.2, -0.15) is 5.10 Å². The van der Waals surface area contributed by atoms with E-state index < -0.39 is 0 Å².